The minimum atomic E-state index is -0.0653. The third-order valence-electron chi connectivity index (χ3n) is 7.56. The predicted octanol–water partition coefficient (Wildman–Crippen LogP) is 7.52. The van der Waals surface area contributed by atoms with E-state index in [9.17, 15) is 0 Å². The van der Waals surface area contributed by atoms with Crippen molar-refractivity contribution in [1.29, 1.82) is 0 Å². The molecule has 8 rings (SSSR count). The van der Waals surface area contributed by atoms with E-state index in [1.54, 1.807) is 0 Å². The SMILES string of the molecule is CN1C(c2nc(-c3ccccc3)n[nH]2)=CC=CC1n1c2ccccc2c2c3oc4ccccc4c3ccc21. The van der Waals surface area contributed by atoms with Crippen molar-refractivity contribution in [2.45, 2.75) is 6.17 Å². The number of furan rings is 1. The minimum Gasteiger partial charge on any atom is -0.455 e. The van der Waals surface area contributed by atoms with Gasteiger partial charge >= 0.3 is 0 Å². The number of hydrogen-bond donors (Lipinski definition) is 1. The Morgan fingerprint density at radius 2 is 1.58 bits per heavy atom. The number of nitrogens with one attached hydrogen (secondary N) is 1. The fourth-order valence-electron chi connectivity index (χ4n) is 5.78. The van der Waals surface area contributed by atoms with Crippen LogP contribution in [0.1, 0.15) is 12.0 Å². The Labute approximate surface area is 218 Å². The molecule has 7 aromatic rings. The highest BCUT2D eigenvalue weighted by Gasteiger charge is 2.27. The van der Waals surface area contributed by atoms with E-state index >= 15 is 0 Å². The Balaban J connectivity index is 1.29. The van der Waals surface area contributed by atoms with E-state index in [0.29, 0.717) is 5.82 Å². The number of nitrogens with zero attached hydrogens (tertiary/aromatic N) is 4. The van der Waals surface area contributed by atoms with Gasteiger partial charge in [0.1, 0.15) is 17.3 Å². The van der Waals surface area contributed by atoms with Crippen molar-refractivity contribution < 1.29 is 4.42 Å². The molecule has 6 heteroatoms. The highest BCUT2D eigenvalue weighted by molar-refractivity contribution is 6.23. The number of aromatic nitrogens is 4. The monoisotopic (exact) mass is 493 g/mol. The van der Waals surface area contributed by atoms with Crippen LogP contribution in [0.5, 0.6) is 0 Å². The second-order valence-corrected chi connectivity index (χ2v) is 9.66. The number of likely N-dealkylation sites (N-methyl/N-ethyl adjacent to an activating group) is 1. The van der Waals surface area contributed by atoms with Gasteiger partial charge in [-0.3, -0.25) is 5.10 Å². The van der Waals surface area contributed by atoms with Gasteiger partial charge in [-0.25, -0.2) is 4.98 Å². The van der Waals surface area contributed by atoms with Gasteiger partial charge in [0.15, 0.2) is 11.6 Å². The topological polar surface area (TPSA) is 62.9 Å². The Morgan fingerprint density at radius 3 is 2.47 bits per heavy atom. The maximum absolute atomic E-state index is 6.46. The number of benzene rings is 4. The lowest BCUT2D eigenvalue weighted by molar-refractivity contribution is 0.329. The summed E-state index contributed by atoms with van der Waals surface area (Å²) in [6, 6.07) is 31.3. The highest BCUT2D eigenvalue weighted by Crippen LogP contribution is 2.42. The molecule has 1 aliphatic rings. The van der Waals surface area contributed by atoms with Crippen LogP contribution in [-0.4, -0.2) is 31.7 Å². The van der Waals surface area contributed by atoms with Crippen molar-refractivity contribution in [1.82, 2.24) is 24.6 Å². The number of rotatable bonds is 3. The van der Waals surface area contributed by atoms with Crippen molar-refractivity contribution in [2.75, 3.05) is 7.05 Å². The van der Waals surface area contributed by atoms with Crippen molar-refractivity contribution in [3.63, 3.8) is 0 Å². The van der Waals surface area contributed by atoms with Gasteiger partial charge in [-0.05, 0) is 36.4 Å². The summed E-state index contributed by atoms with van der Waals surface area (Å²) in [6.45, 7) is 0. The summed E-state index contributed by atoms with van der Waals surface area (Å²) in [5, 5.41) is 12.2. The van der Waals surface area contributed by atoms with Crippen LogP contribution in [0.2, 0.25) is 0 Å². The van der Waals surface area contributed by atoms with Gasteiger partial charge in [-0.1, -0.05) is 72.8 Å². The zero-order valence-corrected chi connectivity index (χ0v) is 20.7. The summed E-state index contributed by atoms with van der Waals surface area (Å²) < 4.78 is 8.84. The first-order valence-corrected chi connectivity index (χ1v) is 12.7. The van der Waals surface area contributed by atoms with Gasteiger partial charge in [0.2, 0.25) is 0 Å². The lowest BCUT2D eigenvalue weighted by atomic mass is 10.1. The number of allylic oxidation sites excluding steroid dienone is 2. The molecule has 0 radical (unpaired) electrons. The van der Waals surface area contributed by atoms with Gasteiger partial charge in [0.05, 0.1) is 22.1 Å². The molecule has 3 aromatic heterocycles. The average Bonchev–Trinajstić information content (AvgIpc) is 3.68. The standard InChI is InChI=1S/C32H23N5O/c1-36-26(32-33-31(34-35-32)20-10-3-2-4-11-20)15-9-17-28(36)37-24-14-7-5-13-23(24)29-25(37)19-18-22-21-12-6-8-16-27(21)38-30(22)29/h2-19,28H,1H3,(H,33,34,35). The third kappa shape index (κ3) is 2.94. The largest absolute Gasteiger partial charge is 0.455 e. The first-order valence-electron chi connectivity index (χ1n) is 12.7. The summed E-state index contributed by atoms with van der Waals surface area (Å²) >= 11 is 0. The second kappa shape index (κ2) is 7.95. The van der Waals surface area contributed by atoms with Crippen LogP contribution in [0, 0.1) is 0 Å². The molecule has 4 heterocycles. The van der Waals surface area contributed by atoms with E-state index in [-0.39, 0.29) is 6.17 Å². The van der Waals surface area contributed by atoms with Crippen LogP contribution in [0.15, 0.2) is 114 Å². The third-order valence-corrected chi connectivity index (χ3v) is 7.56. The molecule has 0 saturated carbocycles. The van der Waals surface area contributed by atoms with E-state index in [0.717, 1.165) is 55.4 Å². The molecule has 6 nitrogen and oxygen atoms in total. The van der Waals surface area contributed by atoms with Gasteiger partial charge in [-0.2, -0.15) is 5.10 Å². The van der Waals surface area contributed by atoms with Crippen LogP contribution in [0.4, 0.5) is 0 Å². The number of hydrogen-bond acceptors (Lipinski definition) is 4. The van der Waals surface area contributed by atoms with Gasteiger partial charge < -0.3 is 13.9 Å². The maximum atomic E-state index is 6.46. The molecule has 0 amide bonds. The first-order chi connectivity index (χ1) is 18.8. The fraction of sp³-hybridized carbons (Fsp3) is 0.0625. The number of para-hydroxylation sites is 2. The summed E-state index contributed by atoms with van der Waals surface area (Å²) in [6.07, 6.45) is 6.33. The molecule has 0 saturated heterocycles. The molecule has 0 fully saturated rings. The molecule has 1 unspecified atom stereocenters. The smallest absolute Gasteiger partial charge is 0.181 e. The van der Waals surface area contributed by atoms with Crippen LogP contribution in [0.3, 0.4) is 0 Å². The van der Waals surface area contributed by atoms with Crippen LogP contribution in [-0.2, 0) is 0 Å². The molecule has 1 aliphatic heterocycles. The number of aromatic amines is 1. The van der Waals surface area contributed by atoms with Crippen molar-refractivity contribution >= 4 is 49.4 Å². The van der Waals surface area contributed by atoms with Crippen molar-refractivity contribution in [2.24, 2.45) is 0 Å². The van der Waals surface area contributed by atoms with Gasteiger partial charge in [0.25, 0.3) is 0 Å². The van der Waals surface area contributed by atoms with E-state index in [1.165, 1.54) is 5.39 Å². The van der Waals surface area contributed by atoms with Crippen LogP contribution in [0.25, 0.3) is 60.8 Å². The minimum absolute atomic E-state index is 0.0653. The summed E-state index contributed by atoms with van der Waals surface area (Å²) in [5.74, 6) is 1.42. The fourth-order valence-corrected chi connectivity index (χ4v) is 5.78. The maximum Gasteiger partial charge on any atom is 0.181 e. The normalized spacial score (nSPS) is 15.8. The van der Waals surface area contributed by atoms with E-state index in [4.69, 9.17) is 9.40 Å². The van der Waals surface area contributed by atoms with Crippen LogP contribution < -0.4 is 0 Å². The lowest BCUT2D eigenvalue weighted by Crippen LogP contribution is -2.28. The van der Waals surface area contributed by atoms with Gasteiger partial charge in [-0.15, -0.1) is 0 Å². The molecule has 38 heavy (non-hydrogen) atoms. The van der Waals surface area contributed by atoms with Crippen molar-refractivity contribution in [3.05, 3.63) is 115 Å². The summed E-state index contributed by atoms with van der Waals surface area (Å²) in [4.78, 5) is 7.07. The average molecular weight is 494 g/mol. The molecule has 0 aliphatic carbocycles. The molecular formula is C32H23N5O. The molecule has 1 atom stereocenters. The molecule has 0 spiro atoms. The quantitative estimate of drug-likeness (QED) is 0.276. The Hall–Kier alpha value is -5.10. The molecule has 0 bridgehead atoms. The summed E-state index contributed by atoms with van der Waals surface area (Å²) in [5.41, 5.74) is 6.08. The van der Waals surface area contributed by atoms with E-state index in [1.807, 2.05) is 42.5 Å². The van der Waals surface area contributed by atoms with E-state index in [2.05, 4.69) is 93.5 Å². The van der Waals surface area contributed by atoms with E-state index < -0.39 is 0 Å². The zero-order chi connectivity index (χ0) is 25.2. The molecule has 1 N–H and O–H groups in total. The Bertz CT molecular complexity index is 2060. The Kier molecular flexibility index (Phi) is 4.40. The van der Waals surface area contributed by atoms with Gasteiger partial charge in [0, 0.05) is 28.8 Å². The molecule has 4 aromatic carbocycles. The summed E-state index contributed by atoms with van der Waals surface area (Å²) in [7, 11) is 2.10. The Morgan fingerprint density at radius 1 is 0.789 bits per heavy atom. The number of fused-ring (bicyclic) bond motifs is 7. The first kappa shape index (κ1) is 21.0. The lowest BCUT2D eigenvalue weighted by Gasteiger charge is -2.33. The molecule has 182 valence electrons. The van der Waals surface area contributed by atoms with Crippen LogP contribution >= 0.6 is 0 Å². The van der Waals surface area contributed by atoms with Crippen molar-refractivity contribution in [3.8, 4) is 11.4 Å². The second-order valence-electron chi connectivity index (χ2n) is 9.66. The zero-order valence-electron chi connectivity index (χ0n) is 20.7. The molecular weight excluding hydrogens is 470 g/mol. The predicted molar refractivity (Wildman–Crippen MR) is 152 cm³/mol. The number of H-pyrrole nitrogens is 1. The highest BCUT2D eigenvalue weighted by atomic mass is 16.3.